The fraction of sp³-hybridized carbons (Fsp3) is 0.389. The summed E-state index contributed by atoms with van der Waals surface area (Å²) in [6, 6.07) is 5.75. The first kappa shape index (κ1) is 17.7. The van der Waals surface area contributed by atoms with Crippen molar-refractivity contribution in [2.75, 3.05) is 5.32 Å². The molecule has 1 fully saturated rings. The number of rotatable bonds is 3. The Morgan fingerprint density at radius 2 is 1.89 bits per heavy atom. The molecule has 27 heavy (non-hydrogen) atoms. The summed E-state index contributed by atoms with van der Waals surface area (Å²) < 4.78 is 39.5. The number of hydrogen-bond acceptors (Lipinski definition) is 5. The van der Waals surface area contributed by atoms with Crippen molar-refractivity contribution in [3.8, 4) is 11.4 Å². The zero-order chi connectivity index (χ0) is 19.0. The van der Waals surface area contributed by atoms with Crippen LogP contribution in [-0.4, -0.2) is 37.4 Å². The van der Waals surface area contributed by atoms with E-state index in [-0.39, 0.29) is 17.7 Å². The zero-order valence-electron chi connectivity index (χ0n) is 14.3. The van der Waals surface area contributed by atoms with E-state index in [4.69, 9.17) is 0 Å². The fourth-order valence-corrected chi connectivity index (χ4v) is 3.44. The molecule has 1 aliphatic carbocycles. The Morgan fingerprint density at radius 3 is 2.63 bits per heavy atom. The van der Waals surface area contributed by atoms with Gasteiger partial charge in [-0.05, 0) is 37.8 Å². The van der Waals surface area contributed by atoms with Crippen LogP contribution < -0.4 is 5.32 Å². The number of H-pyrrole nitrogens is 1. The minimum absolute atomic E-state index is 0.0608. The molecule has 142 valence electrons. The van der Waals surface area contributed by atoms with Gasteiger partial charge in [0.1, 0.15) is 5.69 Å². The second-order valence-corrected chi connectivity index (χ2v) is 6.71. The van der Waals surface area contributed by atoms with E-state index >= 15 is 0 Å². The van der Waals surface area contributed by atoms with E-state index in [1.165, 1.54) is 6.07 Å². The molecule has 3 N–H and O–H groups in total. The van der Waals surface area contributed by atoms with Crippen LogP contribution in [0.5, 0.6) is 0 Å². The van der Waals surface area contributed by atoms with Crippen molar-refractivity contribution in [1.29, 1.82) is 0 Å². The molecule has 1 aliphatic rings. The summed E-state index contributed by atoms with van der Waals surface area (Å²) in [5, 5.41) is 19.7. The van der Waals surface area contributed by atoms with Gasteiger partial charge >= 0.3 is 6.18 Å². The van der Waals surface area contributed by atoms with Gasteiger partial charge in [-0.25, -0.2) is 9.97 Å². The lowest BCUT2D eigenvalue weighted by molar-refractivity contribution is -0.136. The van der Waals surface area contributed by atoms with Crippen molar-refractivity contribution >= 4 is 16.9 Å². The Balaban J connectivity index is 1.64. The summed E-state index contributed by atoms with van der Waals surface area (Å²) in [4.78, 5) is 8.62. The molecular weight excluding hydrogens is 359 g/mol. The number of aliphatic hydroxyl groups is 1. The number of aromatic amines is 1. The first-order valence-electron chi connectivity index (χ1n) is 8.74. The quantitative estimate of drug-likeness (QED) is 0.647. The second-order valence-electron chi connectivity index (χ2n) is 6.71. The van der Waals surface area contributed by atoms with Crippen LogP contribution in [0.25, 0.3) is 22.3 Å². The average molecular weight is 377 g/mol. The molecule has 0 spiro atoms. The van der Waals surface area contributed by atoms with Crippen LogP contribution in [0.3, 0.4) is 0 Å². The molecule has 0 amide bonds. The predicted octanol–water partition coefficient (Wildman–Crippen LogP) is 3.75. The molecule has 6 nitrogen and oxygen atoms in total. The van der Waals surface area contributed by atoms with E-state index < -0.39 is 11.7 Å². The second kappa shape index (κ2) is 6.80. The highest BCUT2D eigenvalue weighted by molar-refractivity contribution is 5.94. The third-order valence-corrected chi connectivity index (χ3v) is 4.83. The highest BCUT2D eigenvalue weighted by Gasteiger charge is 2.33. The van der Waals surface area contributed by atoms with Gasteiger partial charge in [0.15, 0.2) is 0 Å². The van der Waals surface area contributed by atoms with Gasteiger partial charge in [-0.3, -0.25) is 5.10 Å². The third kappa shape index (κ3) is 3.59. The highest BCUT2D eigenvalue weighted by Crippen LogP contribution is 2.36. The average Bonchev–Trinajstić information content (AvgIpc) is 3.07. The summed E-state index contributed by atoms with van der Waals surface area (Å²) in [6.45, 7) is 0. The van der Waals surface area contributed by atoms with Crippen LogP contribution in [0.2, 0.25) is 0 Å². The Hall–Kier alpha value is -2.68. The predicted molar refractivity (Wildman–Crippen MR) is 94.0 cm³/mol. The van der Waals surface area contributed by atoms with E-state index in [9.17, 15) is 18.3 Å². The van der Waals surface area contributed by atoms with Crippen LogP contribution in [0, 0.1) is 0 Å². The number of benzene rings is 1. The van der Waals surface area contributed by atoms with Crippen LogP contribution >= 0.6 is 0 Å². The maximum atomic E-state index is 13.2. The lowest BCUT2D eigenvalue weighted by Crippen LogP contribution is -2.28. The maximum absolute atomic E-state index is 13.2. The smallest absolute Gasteiger partial charge is 0.393 e. The Kier molecular flexibility index (Phi) is 4.47. The minimum Gasteiger partial charge on any atom is -0.393 e. The van der Waals surface area contributed by atoms with Crippen LogP contribution in [-0.2, 0) is 6.18 Å². The molecule has 2 heterocycles. The number of hydrogen-bond donors (Lipinski definition) is 3. The molecule has 3 aromatic rings. The molecular formula is C18H18F3N5O. The molecule has 1 saturated carbocycles. The molecule has 0 bridgehead atoms. The fourth-order valence-electron chi connectivity index (χ4n) is 3.44. The van der Waals surface area contributed by atoms with Crippen LogP contribution in [0.1, 0.15) is 31.2 Å². The van der Waals surface area contributed by atoms with Gasteiger partial charge in [-0.2, -0.15) is 18.3 Å². The summed E-state index contributed by atoms with van der Waals surface area (Å²) in [6.07, 6.45) is -0.0923. The van der Waals surface area contributed by atoms with E-state index in [1.807, 2.05) is 0 Å². The zero-order valence-corrected chi connectivity index (χ0v) is 14.3. The first-order valence-corrected chi connectivity index (χ1v) is 8.74. The van der Waals surface area contributed by atoms with Gasteiger partial charge in [-0.15, -0.1) is 0 Å². The van der Waals surface area contributed by atoms with Crippen molar-refractivity contribution in [2.24, 2.45) is 0 Å². The van der Waals surface area contributed by atoms with E-state index in [0.29, 0.717) is 22.7 Å². The van der Waals surface area contributed by atoms with Crippen LogP contribution in [0.4, 0.5) is 19.1 Å². The van der Waals surface area contributed by atoms with E-state index in [0.717, 1.165) is 31.7 Å². The van der Waals surface area contributed by atoms with E-state index in [2.05, 4.69) is 25.5 Å². The van der Waals surface area contributed by atoms with E-state index in [1.54, 1.807) is 18.3 Å². The first-order chi connectivity index (χ1) is 12.9. The largest absolute Gasteiger partial charge is 0.418 e. The molecule has 1 aromatic carbocycles. The molecule has 0 unspecified atom stereocenters. The van der Waals surface area contributed by atoms with Crippen molar-refractivity contribution in [3.63, 3.8) is 0 Å². The maximum Gasteiger partial charge on any atom is 0.418 e. The standard InChI is InChI=1S/C18H18F3N5O/c19-18(20,21)13-3-1-2-12-15(13)25-26-16(12)14-8-9-22-17(24-14)23-10-4-6-11(27)7-5-10/h1-3,8-11,27H,4-7H2,(H,25,26)(H,22,23,24). The number of fused-ring (bicyclic) bond motifs is 1. The number of aromatic nitrogens is 4. The Bertz CT molecular complexity index is 948. The van der Waals surface area contributed by atoms with Gasteiger partial charge in [-0.1, -0.05) is 12.1 Å². The summed E-state index contributed by atoms with van der Waals surface area (Å²) in [5.74, 6) is 0.400. The van der Waals surface area contributed by atoms with Gasteiger partial charge in [0.05, 0.1) is 22.9 Å². The molecule has 4 rings (SSSR count). The van der Waals surface area contributed by atoms with Crippen molar-refractivity contribution < 1.29 is 18.3 Å². The topological polar surface area (TPSA) is 86.7 Å². The molecule has 0 aliphatic heterocycles. The number of aliphatic hydroxyl groups excluding tert-OH is 1. The molecule has 0 radical (unpaired) electrons. The lowest BCUT2D eigenvalue weighted by atomic mass is 9.93. The van der Waals surface area contributed by atoms with Crippen molar-refractivity contribution in [1.82, 2.24) is 20.2 Å². The molecule has 0 atom stereocenters. The van der Waals surface area contributed by atoms with Gasteiger partial charge in [0.25, 0.3) is 0 Å². The third-order valence-electron chi connectivity index (χ3n) is 4.83. The van der Waals surface area contributed by atoms with Gasteiger partial charge in [0, 0.05) is 17.6 Å². The number of nitrogens with one attached hydrogen (secondary N) is 2. The van der Waals surface area contributed by atoms with Crippen LogP contribution in [0.15, 0.2) is 30.5 Å². The number of halogens is 3. The number of anilines is 1. The van der Waals surface area contributed by atoms with Crippen molar-refractivity contribution in [3.05, 3.63) is 36.0 Å². The Labute approximate surface area is 152 Å². The monoisotopic (exact) mass is 377 g/mol. The normalized spacial score (nSPS) is 20.7. The number of alkyl halides is 3. The lowest BCUT2D eigenvalue weighted by Gasteiger charge is -2.26. The SMILES string of the molecule is OC1CCC(Nc2nccc(-c3n[nH]c4c(C(F)(F)F)cccc34)n2)CC1. The van der Waals surface area contributed by atoms with Crippen molar-refractivity contribution in [2.45, 2.75) is 44.0 Å². The molecule has 0 saturated heterocycles. The Morgan fingerprint density at radius 1 is 1.11 bits per heavy atom. The molecule has 2 aromatic heterocycles. The van der Waals surface area contributed by atoms with Gasteiger partial charge < -0.3 is 10.4 Å². The minimum atomic E-state index is -4.47. The van der Waals surface area contributed by atoms with Gasteiger partial charge in [0.2, 0.25) is 5.95 Å². The summed E-state index contributed by atoms with van der Waals surface area (Å²) >= 11 is 0. The number of para-hydroxylation sites is 1. The summed E-state index contributed by atoms with van der Waals surface area (Å²) in [5.41, 5.74) is -0.0316. The highest BCUT2D eigenvalue weighted by atomic mass is 19.4. The summed E-state index contributed by atoms with van der Waals surface area (Å²) in [7, 11) is 0. The molecule has 9 heteroatoms. The number of nitrogens with zero attached hydrogens (tertiary/aromatic N) is 3.